The molecule has 1 aliphatic heterocycles. The van der Waals surface area contributed by atoms with Crippen LogP contribution in [0.4, 0.5) is 57.1 Å². The standard InChI is InChI=1S/C7H2F13N/c8-1-21-6(17,18)3(10,11)2(9,5(14,15)16)4(12,13)7(21,19)20/h1H2. The van der Waals surface area contributed by atoms with Gasteiger partial charge in [-0.15, -0.1) is 4.90 Å². The number of hydrogen-bond acceptors (Lipinski definition) is 1. The van der Waals surface area contributed by atoms with Crippen LogP contribution in [-0.4, -0.2) is 47.5 Å². The van der Waals surface area contributed by atoms with E-state index in [4.69, 9.17) is 0 Å². The Morgan fingerprint density at radius 3 is 1.14 bits per heavy atom. The van der Waals surface area contributed by atoms with E-state index in [1.54, 1.807) is 0 Å². The predicted molar refractivity (Wildman–Crippen MR) is 37.5 cm³/mol. The van der Waals surface area contributed by atoms with E-state index >= 15 is 0 Å². The van der Waals surface area contributed by atoms with Crippen molar-refractivity contribution in [3.05, 3.63) is 0 Å². The van der Waals surface area contributed by atoms with Gasteiger partial charge in [0.1, 0.15) is 0 Å². The lowest BCUT2D eigenvalue weighted by Crippen LogP contribution is -2.86. The highest BCUT2D eigenvalue weighted by Crippen LogP contribution is 2.67. The van der Waals surface area contributed by atoms with Gasteiger partial charge in [-0.25, -0.2) is 8.78 Å². The minimum atomic E-state index is -7.62. The van der Waals surface area contributed by atoms with Crippen LogP contribution in [0.15, 0.2) is 0 Å². The first-order valence-electron chi connectivity index (χ1n) is 4.55. The highest BCUT2D eigenvalue weighted by Gasteiger charge is 2.99. The Balaban J connectivity index is 3.82. The molecule has 0 aromatic carbocycles. The van der Waals surface area contributed by atoms with E-state index in [1.165, 1.54) is 0 Å². The maximum atomic E-state index is 13.2. The first kappa shape index (κ1) is 18.1. The molecule has 126 valence electrons. The molecule has 21 heavy (non-hydrogen) atoms. The molecule has 0 atom stereocenters. The van der Waals surface area contributed by atoms with Gasteiger partial charge in [0.2, 0.25) is 0 Å². The Hall–Kier alpha value is -0.950. The van der Waals surface area contributed by atoms with Crippen molar-refractivity contribution in [2.75, 3.05) is 6.80 Å². The van der Waals surface area contributed by atoms with E-state index in [-0.39, 0.29) is 0 Å². The van der Waals surface area contributed by atoms with Gasteiger partial charge in [0.15, 0.2) is 6.80 Å². The fourth-order valence-electron chi connectivity index (χ4n) is 1.63. The second-order valence-electron chi connectivity index (χ2n) is 3.94. The maximum absolute atomic E-state index is 13.2. The average Bonchev–Trinajstić information content (AvgIpc) is 2.24. The van der Waals surface area contributed by atoms with Gasteiger partial charge in [0.25, 0.3) is 0 Å². The third-order valence-electron chi connectivity index (χ3n) is 2.81. The highest BCUT2D eigenvalue weighted by atomic mass is 19.4. The van der Waals surface area contributed by atoms with Crippen molar-refractivity contribution in [1.82, 2.24) is 4.90 Å². The van der Waals surface area contributed by atoms with Gasteiger partial charge in [0, 0.05) is 0 Å². The Kier molecular flexibility index (Phi) is 3.51. The summed E-state index contributed by atoms with van der Waals surface area (Å²) in [4.78, 5) is -2.83. The van der Waals surface area contributed by atoms with Crippen LogP contribution in [0.3, 0.4) is 0 Å². The summed E-state index contributed by atoms with van der Waals surface area (Å²) < 4.78 is 165. The van der Waals surface area contributed by atoms with Gasteiger partial charge in [0.05, 0.1) is 0 Å². The minimum absolute atomic E-state index is 2.83. The molecule has 1 heterocycles. The molecule has 1 saturated heterocycles. The lowest BCUT2D eigenvalue weighted by Gasteiger charge is -2.53. The van der Waals surface area contributed by atoms with Crippen LogP contribution in [0.2, 0.25) is 0 Å². The van der Waals surface area contributed by atoms with Crippen LogP contribution in [-0.2, 0) is 0 Å². The molecule has 1 rings (SSSR count). The molecule has 0 radical (unpaired) electrons. The lowest BCUT2D eigenvalue weighted by molar-refractivity contribution is -0.519. The summed E-state index contributed by atoms with van der Waals surface area (Å²) in [6.07, 6.45) is -7.50. The number of hydrogen-bond donors (Lipinski definition) is 0. The van der Waals surface area contributed by atoms with Gasteiger partial charge in [-0.1, -0.05) is 0 Å². The van der Waals surface area contributed by atoms with Gasteiger partial charge in [-0.2, -0.15) is 48.3 Å². The van der Waals surface area contributed by atoms with Crippen molar-refractivity contribution in [2.24, 2.45) is 0 Å². The second kappa shape index (κ2) is 4.07. The average molecular weight is 347 g/mol. The van der Waals surface area contributed by atoms with Crippen molar-refractivity contribution < 1.29 is 57.1 Å². The largest absolute Gasteiger partial charge is 0.435 e. The summed E-state index contributed by atoms with van der Waals surface area (Å²) in [6, 6.07) is -13.8. The first-order chi connectivity index (χ1) is 8.94. The summed E-state index contributed by atoms with van der Waals surface area (Å²) in [5, 5.41) is 0. The molecule has 1 nitrogen and oxygen atoms in total. The number of alkyl halides is 13. The van der Waals surface area contributed by atoms with Gasteiger partial charge < -0.3 is 0 Å². The molecule has 0 aromatic heterocycles. The normalized spacial score (nSPS) is 30.1. The number of halogens is 13. The number of likely N-dealkylation sites (tertiary alicyclic amines) is 1. The van der Waals surface area contributed by atoms with Crippen LogP contribution in [0.5, 0.6) is 0 Å². The fourth-order valence-corrected chi connectivity index (χ4v) is 1.63. The molecule has 1 fully saturated rings. The Bertz CT molecular complexity index is 395. The minimum Gasteiger partial charge on any atom is -0.233 e. The maximum Gasteiger partial charge on any atom is 0.435 e. The molecule has 0 aliphatic carbocycles. The van der Waals surface area contributed by atoms with Crippen LogP contribution in [0.1, 0.15) is 0 Å². The smallest absolute Gasteiger partial charge is 0.233 e. The van der Waals surface area contributed by atoms with Gasteiger partial charge >= 0.3 is 35.8 Å². The Labute approximate surface area is 106 Å². The van der Waals surface area contributed by atoms with E-state index in [9.17, 15) is 57.1 Å². The van der Waals surface area contributed by atoms with Crippen molar-refractivity contribution in [2.45, 2.75) is 35.8 Å². The summed E-state index contributed by atoms with van der Waals surface area (Å²) in [5.41, 5.74) is -7.62. The molecule has 1 aliphatic rings. The van der Waals surface area contributed by atoms with Crippen LogP contribution in [0.25, 0.3) is 0 Å². The van der Waals surface area contributed by atoms with Crippen LogP contribution < -0.4 is 0 Å². The quantitative estimate of drug-likeness (QED) is 0.513. The van der Waals surface area contributed by atoms with Crippen molar-refractivity contribution >= 4 is 0 Å². The third-order valence-corrected chi connectivity index (χ3v) is 2.81. The van der Waals surface area contributed by atoms with E-state index < -0.39 is 47.5 Å². The molecule has 0 saturated carbocycles. The second-order valence-corrected chi connectivity index (χ2v) is 3.94. The molecule has 0 amide bonds. The molecule has 0 bridgehead atoms. The summed E-state index contributed by atoms with van der Waals surface area (Å²) in [7, 11) is 0. The van der Waals surface area contributed by atoms with Crippen molar-refractivity contribution in [3.8, 4) is 0 Å². The molecular formula is C7H2F13N. The summed E-state index contributed by atoms with van der Waals surface area (Å²) >= 11 is 0. The van der Waals surface area contributed by atoms with E-state index in [0.29, 0.717) is 0 Å². The monoisotopic (exact) mass is 347 g/mol. The molecule has 0 N–H and O–H groups in total. The third kappa shape index (κ3) is 1.64. The van der Waals surface area contributed by atoms with Gasteiger partial charge in [-0.05, 0) is 0 Å². The number of piperidine rings is 1. The molecule has 0 spiro atoms. The van der Waals surface area contributed by atoms with E-state index in [0.717, 1.165) is 0 Å². The zero-order valence-electron chi connectivity index (χ0n) is 9.07. The van der Waals surface area contributed by atoms with E-state index in [2.05, 4.69) is 0 Å². The zero-order valence-corrected chi connectivity index (χ0v) is 9.07. The number of nitrogens with zero attached hydrogens (tertiary/aromatic N) is 1. The summed E-state index contributed by atoms with van der Waals surface area (Å²) in [5.74, 6) is -14.8. The fraction of sp³-hybridized carbons (Fsp3) is 1.00. The summed E-state index contributed by atoms with van der Waals surface area (Å²) in [6.45, 7) is -3.39. The lowest BCUT2D eigenvalue weighted by atomic mass is 9.81. The zero-order chi connectivity index (χ0) is 17.3. The molecule has 0 unspecified atom stereocenters. The Morgan fingerprint density at radius 1 is 0.667 bits per heavy atom. The highest BCUT2D eigenvalue weighted by molar-refractivity contribution is 5.21. The molecular weight excluding hydrogens is 345 g/mol. The Morgan fingerprint density at radius 2 is 0.952 bits per heavy atom. The first-order valence-corrected chi connectivity index (χ1v) is 4.55. The molecule has 0 aromatic rings. The van der Waals surface area contributed by atoms with Crippen LogP contribution >= 0.6 is 0 Å². The topological polar surface area (TPSA) is 3.24 Å². The predicted octanol–water partition coefficient (Wildman–Crippen LogP) is 3.96. The van der Waals surface area contributed by atoms with Crippen molar-refractivity contribution in [3.63, 3.8) is 0 Å². The van der Waals surface area contributed by atoms with E-state index in [1.807, 2.05) is 0 Å². The SMILES string of the molecule is FCN1C(F)(F)C(F)(F)C(F)(C(F)(F)F)C(F)(F)C1(F)F. The number of rotatable bonds is 1. The van der Waals surface area contributed by atoms with Gasteiger partial charge in [-0.3, -0.25) is 0 Å². The molecule has 14 heteroatoms. The van der Waals surface area contributed by atoms with Crippen LogP contribution in [0, 0.1) is 0 Å². The van der Waals surface area contributed by atoms with Crippen molar-refractivity contribution in [1.29, 1.82) is 0 Å².